The number of imide groups is 1. The van der Waals surface area contributed by atoms with Crippen molar-refractivity contribution in [3.05, 3.63) is 0 Å². The van der Waals surface area contributed by atoms with Gasteiger partial charge in [0.1, 0.15) is 12.6 Å². The van der Waals surface area contributed by atoms with Crippen molar-refractivity contribution in [3.63, 3.8) is 0 Å². The second-order valence-corrected chi connectivity index (χ2v) is 6.20. The highest BCUT2D eigenvalue weighted by atomic mass is 16.7. The highest BCUT2D eigenvalue weighted by molar-refractivity contribution is 6.04. The van der Waals surface area contributed by atoms with Gasteiger partial charge in [-0.05, 0) is 12.8 Å². The third-order valence-electron chi connectivity index (χ3n) is 4.51. The van der Waals surface area contributed by atoms with E-state index < -0.39 is 5.79 Å². The summed E-state index contributed by atoms with van der Waals surface area (Å²) in [4.78, 5) is 35.8. The van der Waals surface area contributed by atoms with Crippen LogP contribution in [0.25, 0.3) is 0 Å². The van der Waals surface area contributed by atoms with Gasteiger partial charge in [-0.25, -0.2) is 0 Å². The number of amides is 3. The zero-order valence-corrected chi connectivity index (χ0v) is 12.6. The van der Waals surface area contributed by atoms with Gasteiger partial charge in [0.25, 0.3) is 0 Å². The summed E-state index contributed by atoms with van der Waals surface area (Å²) in [5.41, 5.74) is 0. The molecule has 3 aliphatic rings. The van der Waals surface area contributed by atoms with Crippen molar-refractivity contribution in [2.45, 2.75) is 56.8 Å². The van der Waals surface area contributed by atoms with E-state index in [2.05, 4.69) is 5.32 Å². The molecule has 2 aliphatic heterocycles. The summed E-state index contributed by atoms with van der Waals surface area (Å²) in [5, 5.41) is 2.72. The van der Waals surface area contributed by atoms with Crippen LogP contribution in [-0.4, -0.2) is 54.2 Å². The number of ether oxygens (including phenoxy) is 2. The highest BCUT2D eigenvalue weighted by Gasteiger charge is 2.42. The van der Waals surface area contributed by atoms with Crippen LogP contribution in [0.5, 0.6) is 0 Å². The number of carbonyl (C=O) groups excluding carboxylic acids is 3. The molecule has 1 atom stereocenters. The van der Waals surface area contributed by atoms with E-state index in [4.69, 9.17) is 9.47 Å². The topological polar surface area (TPSA) is 84.9 Å². The smallest absolute Gasteiger partial charge is 0.240 e. The van der Waals surface area contributed by atoms with E-state index in [1.165, 1.54) is 6.42 Å². The van der Waals surface area contributed by atoms with Gasteiger partial charge in [-0.1, -0.05) is 6.42 Å². The van der Waals surface area contributed by atoms with Crippen molar-refractivity contribution >= 4 is 17.7 Å². The molecular weight excluding hydrogens is 288 g/mol. The second-order valence-electron chi connectivity index (χ2n) is 6.20. The molecule has 1 saturated carbocycles. The van der Waals surface area contributed by atoms with E-state index in [1.54, 1.807) is 0 Å². The number of nitrogens with one attached hydrogen (secondary N) is 1. The Morgan fingerprint density at radius 1 is 1.18 bits per heavy atom. The normalized spacial score (nSPS) is 27.6. The van der Waals surface area contributed by atoms with Crippen LogP contribution in [-0.2, 0) is 23.9 Å². The number of rotatable bonds is 4. The lowest BCUT2D eigenvalue weighted by molar-refractivity contribution is -0.186. The molecule has 122 valence electrons. The van der Waals surface area contributed by atoms with Gasteiger partial charge in [0, 0.05) is 32.2 Å². The third-order valence-corrected chi connectivity index (χ3v) is 4.51. The van der Waals surface area contributed by atoms with Crippen molar-refractivity contribution in [2.75, 3.05) is 19.7 Å². The first kappa shape index (κ1) is 15.4. The predicted molar refractivity (Wildman–Crippen MR) is 75.6 cm³/mol. The lowest BCUT2D eigenvalue weighted by Crippen LogP contribution is -2.43. The van der Waals surface area contributed by atoms with Gasteiger partial charge >= 0.3 is 0 Å². The Morgan fingerprint density at radius 2 is 1.86 bits per heavy atom. The molecule has 22 heavy (non-hydrogen) atoms. The lowest BCUT2D eigenvalue weighted by Gasteiger charge is -2.31. The fourth-order valence-corrected chi connectivity index (χ4v) is 3.30. The fraction of sp³-hybridized carbons (Fsp3) is 0.800. The third kappa shape index (κ3) is 3.30. The van der Waals surface area contributed by atoms with Crippen LogP contribution in [0.3, 0.4) is 0 Å². The molecule has 1 aliphatic carbocycles. The summed E-state index contributed by atoms with van der Waals surface area (Å²) in [7, 11) is 0. The molecule has 3 fully saturated rings. The molecule has 1 N–H and O–H groups in total. The summed E-state index contributed by atoms with van der Waals surface area (Å²) < 4.78 is 11.8. The Labute approximate surface area is 129 Å². The van der Waals surface area contributed by atoms with Crippen LogP contribution in [0.15, 0.2) is 0 Å². The van der Waals surface area contributed by atoms with Crippen molar-refractivity contribution in [1.82, 2.24) is 10.2 Å². The summed E-state index contributed by atoms with van der Waals surface area (Å²) >= 11 is 0. The molecule has 1 spiro atoms. The Balaban J connectivity index is 1.42. The molecule has 3 amide bonds. The molecule has 0 aromatic heterocycles. The molecule has 7 nitrogen and oxygen atoms in total. The SMILES string of the molecule is O=C(CN1C(=O)CCC1=O)NCC1COC2(CCCCC2)O1. The van der Waals surface area contributed by atoms with Crippen LogP contribution in [0, 0.1) is 0 Å². The summed E-state index contributed by atoms with van der Waals surface area (Å²) in [6.45, 7) is 0.620. The molecule has 3 rings (SSSR count). The second kappa shape index (κ2) is 6.34. The van der Waals surface area contributed by atoms with E-state index >= 15 is 0 Å². The van der Waals surface area contributed by atoms with Crippen molar-refractivity contribution in [2.24, 2.45) is 0 Å². The zero-order valence-electron chi connectivity index (χ0n) is 12.6. The standard InChI is InChI=1S/C15H22N2O5/c18-12(9-17-13(19)4-5-14(17)20)16-8-11-10-21-15(22-11)6-2-1-3-7-15/h11H,1-10H2,(H,16,18). The maximum atomic E-state index is 11.9. The first-order valence-electron chi connectivity index (χ1n) is 8.00. The molecular formula is C15H22N2O5. The molecule has 0 bridgehead atoms. The molecule has 2 heterocycles. The number of nitrogens with zero attached hydrogens (tertiary/aromatic N) is 1. The molecule has 0 radical (unpaired) electrons. The summed E-state index contributed by atoms with van der Waals surface area (Å²) in [6, 6.07) is 0. The molecule has 0 aromatic carbocycles. The van der Waals surface area contributed by atoms with E-state index in [0.29, 0.717) is 13.2 Å². The van der Waals surface area contributed by atoms with Gasteiger partial charge in [0.05, 0.1) is 6.61 Å². The van der Waals surface area contributed by atoms with Gasteiger partial charge in [-0.2, -0.15) is 0 Å². The Hall–Kier alpha value is -1.47. The number of hydrogen-bond donors (Lipinski definition) is 1. The van der Waals surface area contributed by atoms with E-state index in [9.17, 15) is 14.4 Å². The number of carbonyl (C=O) groups is 3. The Bertz CT molecular complexity index is 457. The Morgan fingerprint density at radius 3 is 2.55 bits per heavy atom. The van der Waals surface area contributed by atoms with Gasteiger partial charge in [-0.15, -0.1) is 0 Å². The van der Waals surface area contributed by atoms with Gasteiger partial charge in [0.2, 0.25) is 17.7 Å². The van der Waals surface area contributed by atoms with Gasteiger partial charge in [0.15, 0.2) is 5.79 Å². The maximum absolute atomic E-state index is 11.9. The largest absolute Gasteiger partial charge is 0.352 e. The van der Waals surface area contributed by atoms with E-state index in [-0.39, 0.29) is 43.2 Å². The molecule has 1 unspecified atom stereocenters. The van der Waals surface area contributed by atoms with Crippen LogP contribution >= 0.6 is 0 Å². The highest BCUT2D eigenvalue weighted by Crippen LogP contribution is 2.37. The fourth-order valence-electron chi connectivity index (χ4n) is 3.30. The van der Waals surface area contributed by atoms with Crippen molar-refractivity contribution in [3.8, 4) is 0 Å². The molecule has 0 aromatic rings. The quantitative estimate of drug-likeness (QED) is 0.756. The number of likely N-dealkylation sites (tertiary alicyclic amines) is 1. The van der Waals surface area contributed by atoms with Crippen LogP contribution in [0.2, 0.25) is 0 Å². The maximum Gasteiger partial charge on any atom is 0.240 e. The minimum absolute atomic E-state index is 0.160. The van der Waals surface area contributed by atoms with Crippen LogP contribution in [0.1, 0.15) is 44.9 Å². The zero-order chi connectivity index (χ0) is 15.6. The molecule has 2 saturated heterocycles. The van der Waals surface area contributed by atoms with E-state index in [1.807, 2.05) is 0 Å². The lowest BCUT2D eigenvalue weighted by atomic mass is 9.94. The average molecular weight is 310 g/mol. The number of hydrogen-bond acceptors (Lipinski definition) is 5. The van der Waals surface area contributed by atoms with Gasteiger partial charge in [-0.3, -0.25) is 19.3 Å². The first-order valence-corrected chi connectivity index (χ1v) is 8.00. The van der Waals surface area contributed by atoms with Crippen LogP contribution < -0.4 is 5.32 Å². The summed E-state index contributed by atoms with van der Waals surface area (Å²) in [5.74, 6) is -1.34. The molecule has 7 heteroatoms. The predicted octanol–water partition coefficient (Wildman–Crippen LogP) is 0.327. The monoisotopic (exact) mass is 310 g/mol. The van der Waals surface area contributed by atoms with Crippen LogP contribution in [0.4, 0.5) is 0 Å². The van der Waals surface area contributed by atoms with E-state index in [0.717, 1.165) is 30.6 Å². The van der Waals surface area contributed by atoms with Crippen molar-refractivity contribution in [1.29, 1.82) is 0 Å². The minimum Gasteiger partial charge on any atom is -0.352 e. The van der Waals surface area contributed by atoms with Crippen molar-refractivity contribution < 1.29 is 23.9 Å². The average Bonchev–Trinajstić information content (AvgIpc) is 3.04. The summed E-state index contributed by atoms with van der Waals surface area (Å²) in [6.07, 6.45) is 5.50. The Kier molecular flexibility index (Phi) is 4.44. The van der Waals surface area contributed by atoms with Gasteiger partial charge < -0.3 is 14.8 Å². The minimum atomic E-state index is -0.450. The first-order chi connectivity index (χ1) is 10.6.